The number of halogens is 3. The first-order valence-electron chi connectivity index (χ1n) is 6.38. The Balaban J connectivity index is 2.56. The number of benzene rings is 1. The molecule has 2 aromatic heterocycles. The zero-order chi connectivity index (χ0) is 16.7. The summed E-state index contributed by atoms with van der Waals surface area (Å²) in [6.45, 7) is 1.73. The van der Waals surface area contributed by atoms with E-state index in [1.165, 1.54) is 0 Å². The van der Waals surface area contributed by atoms with Crippen molar-refractivity contribution in [1.29, 1.82) is 5.26 Å². The Bertz CT molecular complexity index is 1060. The summed E-state index contributed by atoms with van der Waals surface area (Å²) in [6.07, 6.45) is 0. The molecule has 0 fully saturated rings. The van der Waals surface area contributed by atoms with Gasteiger partial charge in [0.2, 0.25) is 0 Å². The van der Waals surface area contributed by atoms with Crippen LogP contribution in [0.3, 0.4) is 0 Å². The van der Waals surface area contributed by atoms with Gasteiger partial charge in [-0.25, -0.2) is 18.7 Å². The smallest absolute Gasteiger partial charge is 0.245 e. The molecule has 0 spiro atoms. The van der Waals surface area contributed by atoms with E-state index in [1.807, 2.05) is 6.07 Å². The minimum atomic E-state index is -0.779. The first-order chi connectivity index (χ1) is 10.9. The van der Waals surface area contributed by atoms with Crippen molar-refractivity contribution in [3.63, 3.8) is 0 Å². The summed E-state index contributed by atoms with van der Waals surface area (Å²) in [7, 11) is 0. The zero-order valence-electron chi connectivity index (χ0n) is 11.6. The lowest BCUT2D eigenvalue weighted by Crippen LogP contribution is -2.24. The summed E-state index contributed by atoms with van der Waals surface area (Å²) in [4.78, 5) is 19.9. The van der Waals surface area contributed by atoms with Crippen LogP contribution < -0.4 is 5.69 Å². The van der Waals surface area contributed by atoms with Crippen LogP contribution in [0.15, 0.2) is 29.1 Å². The average Bonchev–Trinajstić information content (AvgIpc) is 2.50. The number of nitriles is 1. The van der Waals surface area contributed by atoms with Crippen molar-refractivity contribution in [3.8, 4) is 11.8 Å². The van der Waals surface area contributed by atoms with Gasteiger partial charge in [0.05, 0.1) is 16.6 Å². The molecule has 0 radical (unpaired) electrons. The normalized spacial score (nSPS) is 10.7. The van der Waals surface area contributed by atoms with Crippen molar-refractivity contribution in [3.05, 3.63) is 62.0 Å². The van der Waals surface area contributed by atoms with Gasteiger partial charge in [0.25, 0.3) is 0 Å². The summed E-state index contributed by atoms with van der Waals surface area (Å²) < 4.78 is 14.8. The maximum absolute atomic E-state index is 13.7. The molecule has 3 rings (SSSR count). The van der Waals surface area contributed by atoms with E-state index in [0.717, 1.165) is 10.6 Å². The highest BCUT2D eigenvalue weighted by Gasteiger charge is 2.18. The van der Waals surface area contributed by atoms with Crippen LogP contribution >= 0.6 is 23.2 Å². The highest BCUT2D eigenvalue weighted by Crippen LogP contribution is 2.26. The molecule has 0 N–H and O–H groups in total. The lowest BCUT2D eigenvalue weighted by Gasteiger charge is -2.13. The standard InChI is InChI=1S/C15H7Cl2FN4O/c1-7-3-2-4-8(6-19)11(7)22-14-9(12(16)21-15(22)23)5-10(18)13(17)20-14/h2-5H,1H3. The molecule has 2 heterocycles. The Morgan fingerprint density at radius 1 is 1.26 bits per heavy atom. The number of aryl methyl sites for hydroxylation is 1. The van der Waals surface area contributed by atoms with Gasteiger partial charge in [-0.1, -0.05) is 35.3 Å². The summed E-state index contributed by atoms with van der Waals surface area (Å²) >= 11 is 11.7. The second kappa shape index (κ2) is 5.61. The number of fused-ring (bicyclic) bond motifs is 1. The number of nitrogens with zero attached hydrogens (tertiary/aromatic N) is 4. The molecule has 0 bridgehead atoms. The molecule has 1 aromatic carbocycles. The lowest BCUT2D eigenvalue weighted by molar-refractivity contribution is 0.624. The third kappa shape index (κ3) is 2.44. The molecule has 0 aliphatic rings. The minimum absolute atomic E-state index is 0.0344. The van der Waals surface area contributed by atoms with E-state index in [1.54, 1.807) is 25.1 Å². The molecule has 0 saturated carbocycles. The molecule has 114 valence electrons. The average molecular weight is 349 g/mol. The van der Waals surface area contributed by atoms with Crippen LogP contribution in [0.2, 0.25) is 10.3 Å². The van der Waals surface area contributed by atoms with E-state index in [9.17, 15) is 14.4 Å². The van der Waals surface area contributed by atoms with Crippen LogP contribution in [-0.4, -0.2) is 14.5 Å². The van der Waals surface area contributed by atoms with Gasteiger partial charge >= 0.3 is 5.69 Å². The Kier molecular flexibility index (Phi) is 3.76. The fourth-order valence-electron chi connectivity index (χ4n) is 2.31. The summed E-state index contributed by atoms with van der Waals surface area (Å²) in [6, 6.07) is 8.04. The van der Waals surface area contributed by atoms with Crippen molar-refractivity contribution < 1.29 is 4.39 Å². The molecule has 5 nitrogen and oxygen atoms in total. The Labute approximate surface area is 139 Å². The van der Waals surface area contributed by atoms with Gasteiger partial charge in [0.15, 0.2) is 16.6 Å². The fourth-order valence-corrected chi connectivity index (χ4v) is 2.66. The second-order valence-electron chi connectivity index (χ2n) is 4.74. The summed E-state index contributed by atoms with van der Waals surface area (Å²) in [5.41, 5.74) is 0.513. The molecular formula is C15H7Cl2FN4O. The van der Waals surface area contributed by atoms with Crippen molar-refractivity contribution in [2.45, 2.75) is 6.92 Å². The first kappa shape index (κ1) is 15.4. The monoisotopic (exact) mass is 348 g/mol. The molecule has 0 unspecified atom stereocenters. The number of hydrogen-bond donors (Lipinski definition) is 0. The van der Waals surface area contributed by atoms with E-state index >= 15 is 0 Å². The summed E-state index contributed by atoms with van der Waals surface area (Å²) in [5, 5.41) is 8.84. The highest BCUT2D eigenvalue weighted by molar-refractivity contribution is 6.34. The Morgan fingerprint density at radius 3 is 2.70 bits per heavy atom. The van der Waals surface area contributed by atoms with Crippen LogP contribution in [0, 0.1) is 24.1 Å². The molecule has 23 heavy (non-hydrogen) atoms. The predicted molar refractivity (Wildman–Crippen MR) is 84.6 cm³/mol. The van der Waals surface area contributed by atoms with Crippen molar-refractivity contribution in [2.75, 3.05) is 0 Å². The zero-order valence-corrected chi connectivity index (χ0v) is 13.2. The Hall–Kier alpha value is -2.49. The first-order valence-corrected chi connectivity index (χ1v) is 7.14. The van der Waals surface area contributed by atoms with Crippen LogP contribution in [0.5, 0.6) is 0 Å². The Morgan fingerprint density at radius 2 is 2.00 bits per heavy atom. The quantitative estimate of drug-likeness (QED) is 0.499. The topological polar surface area (TPSA) is 71.6 Å². The third-order valence-corrected chi connectivity index (χ3v) is 3.87. The second-order valence-corrected chi connectivity index (χ2v) is 5.45. The van der Waals surface area contributed by atoms with Gasteiger partial charge < -0.3 is 0 Å². The number of aromatic nitrogens is 3. The van der Waals surface area contributed by atoms with Crippen LogP contribution in [0.1, 0.15) is 11.1 Å². The molecule has 3 aromatic rings. The van der Waals surface area contributed by atoms with Gasteiger partial charge in [0.1, 0.15) is 11.2 Å². The fraction of sp³-hybridized carbons (Fsp3) is 0.0667. The molecule has 0 aliphatic carbocycles. The van der Waals surface area contributed by atoms with E-state index < -0.39 is 16.7 Å². The molecule has 0 atom stereocenters. The molecular weight excluding hydrogens is 342 g/mol. The van der Waals surface area contributed by atoms with E-state index in [4.69, 9.17) is 23.2 Å². The van der Waals surface area contributed by atoms with Gasteiger partial charge in [-0.3, -0.25) is 0 Å². The maximum Gasteiger partial charge on any atom is 0.355 e. The van der Waals surface area contributed by atoms with E-state index in [-0.39, 0.29) is 21.7 Å². The summed E-state index contributed by atoms with van der Waals surface area (Å²) in [5.74, 6) is -0.779. The highest BCUT2D eigenvalue weighted by atomic mass is 35.5. The molecule has 0 amide bonds. The van der Waals surface area contributed by atoms with E-state index in [0.29, 0.717) is 11.3 Å². The van der Waals surface area contributed by atoms with Crippen molar-refractivity contribution in [1.82, 2.24) is 14.5 Å². The van der Waals surface area contributed by atoms with E-state index in [2.05, 4.69) is 9.97 Å². The van der Waals surface area contributed by atoms with Crippen LogP contribution in [0.4, 0.5) is 4.39 Å². The predicted octanol–water partition coefficient (Wildman–Crippen LogP) is 3.41. The van der Waals surface area contributed by atoms with Crippen LogP contribution in [-0.2, 0) is 0 Å². The number of pyridine rings is 1. The maximum atomic E-state index is 13.7. The molecule has 0 aliphatic heterocycles. The number of hydrogen-bond acceptors (Lipinski definition) is 4. The van der Waals surface area contributed by atoms with Gasteiger partial charge in [-0.15, -0.1) is 0 Å². The lowest BCUT2D eigenvalue weighted by atomic mass is 10.1. The van der Waals surface area contributed by atoms with Gasteiger partial charge in [0, 0.05) is 0 Å². The van der Waals surface area contributed by atoms with Crippen molar-refractivity contribution in [2.24, 2.45) is 0 Å². The van der Waals surface area contributed by atoms with Gasteiger partial charge in [-0.05, 0) is 24.6 Å². The third-order valence-electron chi connectivity index (χ3n) is 3.31. The van der Waals surface area contributed by atoms with Gasteiger partial charge in [-0.2, -0.15) is 10.2 Å². The number of rotatable bonds is 1. The number of para-hydroxylation sites is 1. The van der Waals surface area contributed by atoms with Crippen molar-refractivity contribution >= 4 is 34.2 Å². The van der Waals surface area contributed by atoms with Crippen LogP contribution in [0.25, 0.3) is 16.7 Å². The minimum Gasteiger partial charge on any atom is -0.245 e. The largest absolute Gasteiger partial charge is 0.355 e. The SMILES string of the molecule is Cc1cccc(C#N)c1-n1c(=O)nc(Cl)c2cc(F)c(Cl)nc21. The molecule has 8 heteroatoms. The molecule has 0 saturated heterocycles.